The molecule has 0 amide bonds. The molecule has 0 saturated heterocycles. The molecule has 0 atom stereocenters. The average Bonchev–Trinajstić information content (AvgIpc) is 2.80. The van der Waals surface area contributed by atoms with Crippen LogP contribution in [-0.4, -0.2) is 11.1 Å². The van der Waals surface area contributed by atoms with E-state index in [4.69, 9.17) is 9.84 Å². The number of aryl methyl sites for hydroxylation is 2. The predicted molar refractivity (Wildman–Crippen MR) is 76.2 cm³/mol. The van der Waals surface area contributed by atoms with Crippen LogP contribution in [0.5, 0.6) is 5.75 Å². The molecule has 0 fully saturated rings. The van der Waals surface area contributed by atoms with Gasteiger partial charge >= 0.3 is 5.97 Å². The number of thiophene rings is 1. The SMILES string of the molecule is CCc1cc(OCc2cccc(C)c2)c(C(=O)O)s1. The average molecular weight is 276 g/mol. The maximum Gasteiger partial charge on any atom is 0.349 e. The van der Waals surface area contributed by atoms with E-state index in [9.17, 15) is 4.79 Å². The third kappa shape index (κ3) is 3.35. The normalized spacial score (nSPS) is 10.4. The molecule has 0 aliphatic rings. The molecule has 0 aliphatic carbocycles. The van der Waals surface area contributed by atoms with Crippen LogP contribution in [0.2, 0.25) is 0 Å². The second kappa shape index (κ2) is 5.89. The maximum absolute atomic E-state index is 11.1. The van der Waals surface area contributed by atoms with Crippen molar-refractivity contribution in [2.24, 2.45) is 0 Å². The Morgan fingerprint density at radius 1 is 1.37 bits per heavy atom. The highest BCUT2D eigenvalue weighted by Crippen LogP contribution is 2.30. The summed E-state index contributed by atoms with van der Waals surface area (Å²) in [5.41, 5.74) is 2.21. The number of ether oxygens (including phenoxy) is 1. The van der Waals surface area contributed by atoms with Gasteiger partial charge in [0.1, 0.15) is 12.4 Å². The molecule has 0 unspecified atom stereocenters. The van der Waals surface area contributed by atoms with Crippen molar-refractivity contribution in [3.05, 3.63) is 51.2 Å². The first-order valence-corrected chi connectivity index (χ1v) is 6.96. The molecule has 19 heavy (non-hydrogen) atoms. The van der Waals surface area contributed by atoms with Crippen molar-refractivity contribution >= 4 is 17.3 Å². The van der Waals surface area contributed by atoms with E-state index < -0.39 is 5.97 Å². The summed E-state index contributed by atoms with van der Waals surface area (Å²) in [7, 11) is 0. The van der Waals surface area contributed by atoms with Crippen LogP contribution < -0.4 is 4.74 Å². The Bertz CT molecular complexity index is 587. The van der Waals surface area contributed by atoms with Gasteiger partial charge in [-0.1, -0.05) is 36.8 Å². The van der Waals surface area contributed by atoms with Gasteiger partial charge in [0.2, 0.25) is 0 Å². The number of carboxylic acid groups (broad SMARTS) is 1. The Kier molecular flexibility index (Phi) is 4.22. The number of benzene rings is 1. The van der Waals surface area contributed by atoms with E-state index in [1.807, 2.05) is 44.2 Å². The molecule has 0 aliphatic heterocycles. The van der Waals surface area contributed by atoms with Gasteiger partial charge in [-0.15, -0.1) is 11.3 Å². The van der Waals surface area contributed by atoms with Crippen LogP contribution in [0.4, 0.5) is 0 Å². The highest BCUT2D eigenvalue weighted by molar-refractivity contribution is 7.14. The van der Waals surface area contributed by atoms with E-state index in [-0.39, 0.29) is 4.88 Å². The molecule has 1 aromatic carbocycles. The third-order valence-corrected chi connectivity index (χ3v) is 4.02. The summed E-state index contributed by atoms with van der Waals surface area (Å²) in [6.45, 7) is 4.41. The molecule has 100 valence electrons. The van der Waals surface area contributed by atoms with E-state index in [1.54, 1.807) is 0 Å². The fourth-order valence-electron chi connectivity index (χ4n) is 1.82. The Morgan fingerprint density at radius 3 is 2.79 bits per heavy atom. The second-order valence-corrected chi connectivity index (χ2v) is 5.48. The molecule has 0 saturated carbocycles. The predicted octanol–water partition coefficient (Wildman–Crippen LogP) is 3.90. The quantitative estimate of drug-likeness (QED) is 0.901. The first-order chi connectivity index (χ1) is 9.10. The largest absolute Gasteiger partial charge is 0.487 e. The molecular weight excluding hydrogens is 260 g/mol. The fraction of sp³-hybridized carbons (Fsp3) is 0.267. The summed E-state index contributed by atoms with van der Waals surface area (Å²) >= 11 is 1.28. The van der Waals surface area contributed by atoms with Crippen molar-refractivity contribution in [1.82, 2.24) is 0 Å². The lowest BCUT2D eigenvalue weighted by atomic mass is 10.1. The monoisotopic (exact) mass is 276 g/mol. The second-order valence-electron chi connectivity index (χ2n) is 4.34. The van der Waals surface area contributed by atoms with Gasteiger partial charge in [-0.05, 0) is 25.0 Å². The molecule has 2 rings (SSSR count). The van der Waals surface area contributed by atoms with Gasteiger partial charge in [0.05, 0.1) is 0 Å². The minimum atomic E-state index is -0.927. The molecule has 0 bridgehead atoms. The first-order valence-electron chi connectivity index (χ1n) is 6.14. The van der Waals surface area contributed by atoms with Crippen LogP contribution in [0.15, 0.2) is 30.3 Å². The van der Waals surface area contributed by atoms with Crippen molar-refractivity contribution in [2.75, 3.05) is 0 Å². The molecule has 4 heteroatoms. The Hall–Kier alpha value is -1.81. The zero-order chi connectivity index (χ0) is 13.8. The van der Waals surface area contributed by atoms with E-state index >= 15 is 0 Å². The van der Waals surface area contributed by atoms with E-state index in [0.717, 1.165) is 16.9 Å². The Morgan fingerprint density at radius 2 is 2.16 bits per heavy atom. The van der Waals surface area contributed by atoms with Crippen LogP contribution in [0.1, 0.15) is 32.6 Å². The molecule has 2 aromatic rings. The summed E-state index contributed by atoms with van der Waals surface area (Å²) in [6, 6.07) is 9.82. The van der Waals surface area contributed by atoms with E-state index in [1.165, 1.54) is 16.9 Å². The van der Waals surface area contributed by atoms with Crippen molar-refractivity contribution < 1.29 is 14.6 Å². The third-order valence-electron chi connectivity index (χ3n) is 2.77. The standard InChI is InChI=1S/C15H16O3S/c1-3-12-8-13(14(19-12)15(16)17)18-9-11-6-4-5-10(2)7-11/h4-8H,3,9H2,1-2H3,(H,16,17). The lowest BCUT2D eigenvalue weighted by Crippen LogP contribution is -2.00. The summed E-state index contributed by atoms with van der Waals surface area (Å²) in [6.07, 6.45) is 0.818. The zero-order valence-corrected chi connectivity index (χ0v) is 11.8. The van der Waals surface area contributed by atoms with Crippen molar-refractivity contribution in [1.29, 1.82) is 0 Å². The lowest BCUT2D eigenvalue weighted by molar-refractivity contribution is 0.0697. The Balaban J connectivity index is 2.14. The van der Waals surface area contributed by atoms with E-state index in [2.05, 4.69) is 0 Å². The minimum Gasteiger partial charge on any atom is -0.487 e. The summed E-state index contributed by atoms with van der Waals surface area (Å²) < 4.78 is 5.65. The minimum absolute atomic E-state index is 0.282. The van der Waals surface area contributed by atoms with Crippen molar-refractivity contribution in [2.45, 2.75) is 26.9 Å². The fourth-order valence-corrected chi connectivity index (χ4v) is 2.69. The Labute approximate surface area is 116 Å². The summed E-state index contributed by atoms with van der Waals surface area (Å²) in [4.78, 5) is 12.5. The van der Waals surface area contributed by atoms with Crippen molar-refractivity contribution in [3.63, 3.8) is 0 Å². The number of carbonyl (C=O) groups is 1. The topological polar surface area (TPSA) is 46.5 Å². The van der Waals surface area contributed by atoms with Crippen LogP contribution >= 0.6 is 11.3 Å². The van der Waals surface area contributed by atoms with Crippen molar-refractivity contribution in [3.8, 4) is 5.75 Å². The number of hydrogen-bond acceptors (Lipinski definition) is 3. The summed E-state index contributed by atoms with van der Waals surface area (Å²) in [5.74, 6) is -0.459. The van der Waals surface area contributed by atoms with Gasteiger partial charge in [0.15, 0.2) is 4.88 Å². The highest BCUT2D eigenvalue weighted by atomic mass is 32.1. The van der Waals surface area contributed by atoms with Gasteiger partial charge in [-0.3, -0.25) is 0 Å². The van der Waals surface area contributed by atoms with Gasteiger partial charge in [0, 0.05) is 4.88 Å². The first kappa shape index (κ1) is 13.6. The number of aromatic carboxylic acids is 1. The molecular formula is C15H16O3S. The molecule has 1 aromatic heterocycles. The lowest BCUT2D eigenvalue weighted by Gasteiger charge is -2.06. The van der Waals surface area contributed by atoms with Crippen LogP contribution in [0.3, 0.4) is 0 Å². The van der Waals surface area contributed by atoms with Gasteiger partial charge in [-0.25, -0.2) is 4.79 Å². The molecule has 1 heterocycles. The van der Waals surface area contributed by atoms with E-state index in [0.29, 0.717) is 12.4 Å². The molecule has 0 radical (unpaired) electrons. The molecule has 1 N–H and O–H groups in total. The van der Waals surface area contributed by atoms with Gasteiger partial charge in [-0.2, -0.15) is 0 Å². The van der Waals surface area contributed by atoms with Gasteiger partial charge in [0.25, 0.3) is 0 Å². The van der Waals surface area contributed by atoms with Gasteiger partial charge < -0.3 is 9.84 Å². The number of carboxylic acids is 1. The molecule has 0 spiro atoms. The smallest absolute Gasteiger partial charge is 0.349 e. The van der Waals surface area contributed by atoms with Crippen LogP contribution in [-0.2, 0) is 13.0 Å². The zero-order valence-electron chi connectivity index (χ0n) is 11.0. The van der Waals surface area contributed by atoms with Crippen LogP contribution in [0.25, 0.3) is 0 Å². The summed E-state index contributed by atoms with van der Waals surface area (Å²) in [5, 5.41) is 9.15. The number of hydrogen-bond donors (Lipinski definition) is 1. The highest BCUT2D eigenvalue weighted by Gasteiger charge is 2.16. The number of rotatable bonds is 5. The van der Waals surface area contributed by atoms with Crippen LogP contribution in [0, 0.1) is 6.92 Å². The molecule has 3 nitrogen and oxygen atoms in total. The maximum atomic E-state index is 11.1.